The number of amides is 12. The molecule has 19 N–H and O–H groups in total. The third-order valence-corrected chi connectivity index (χ3v) is 25.6. The second-order valence-corrected chi connectivity index (χ2v) is 35.3. The highest BCUT2D eigenvalue weighted by Gasteiger charge is 2.48. The number of anilines is 1. The van der Waals surface area contributed by atoms with Gasteiger partial charge in [-0.15, -0.1) is 0 Å². The van der Waals surface area contributed by atoms with Crippen molar-refractivity contribution < 1.29 is 78.0 Å². The molecule has 0 spiro atoms. The summed E-state index contributed by atoms with van der Waals surface area (Å²) < 4.78 is 0. The molecule has 32 nitrogen and oxygen atoms in total. The number of carbonyl (C=O) groups is 12. The fourth-order valence-corrected chi connectivity index (χ4v) is 19.4. The quantitative estimate of drug-likeness (QED) is 0.0803. The van der Waals surface area contributed by atoms with E-state index in [9.17, 15) is 39.6 Å². The van der Waals surface area contributed by atoms with E-state index in [4.69, 9.17) is 5.73 Å². The van der Waals surface area contributed by atoms with Gasteiger partial charge in [-0.2, -0.15) is 35.3 Å². The fraction of sp³-hybridized carbons (Fsp3) is 0.549. The Kier molecular flexibility index (Phi) is 31.4. The van der Waals surface area contributed by atoms with Crippen LogP contribution in [0.3, 0.4) is 0 Å². The van der Waals surface area contributed by atoms with Crippen LogP contribution >= 0.6 is 35.3 Å². The van der Waals surface area contributed by atoms with Crippen LogP contribution in [-0.4, -0.2) is 220 Å². The van der Waals surface area contributed by atoms with Gasteiger partial charge in [-0.05, 0) is 151 Å². The number of aliphatic hydroxyl groups is 2. The van der Waals surface area contributed by atoms with E-state index in [1.54, 1.807) is 58.2 Å². The van der Waals surface area contributed by atoms with E-state index >= 15 is 38.4 Å². The van der Waals surface area contributed by atoms with E-state index in [-0.39, 0.29) is 85.2 Å². The third-order valence-electron chi connectivity index (χ3n) is 22.5. The fourth-order valence-electron chi connectivity index (χ4n) is 15.8. The number of nitrogens with two attached hydrogens (primary N) is 1. The summed E-state index contributed by atoms with van der Waals surface area (Å²) in [5.74, 6) is -9.37. The van der Waals surface area contributed by atoms with Crippen LogP contribution in [0.25, 0.3) is 0 Å². The first kappa shape index (κ1) is 89.5. The maximum Gasteiger partial charge on any atom is 0.246 e. The van der Waals surface area contributed by atoms with E-state index in [0.29, 0.717) is 72.6 Å². The molecule has 5 aromatic rings. The van der Waals surface area contributed by atoms with Gasteiger partial charge in [-0.25, -0.2) is 4.98 Å². The monoisotopic (exact) mass is 1670 g/mol. The third kappa shape index (κ3) is 23.5. The number of fused-ring (bicyclic) bond motifs is 9. The Hall–Kier alpha value is -9.84. The first-order valence-electron chi connectivity index (χ1n) is 40.0. The number of aromatic nitrogens is 3. The maximum atomic E-state index is 16.0. The molecule has 4 aliphatic heterocycles. The normalized spacial score (nSPS) is 25.9. The summed E-state index contributed by atoms with van der Waals surface area (Å²) in [6.45, 7) is 14.1. The number of H-pyrrole nitrogens is 2. The maximum absolute atomic E-state index is 16.0. The number of aromatic hydroxyl groups is 2. The molecule has 6 heterocycles. The molecule has 1 aliphatic carbocycles. The number of phenols is 2. The Bertz CT molecular complexity index is 4400. The van der Waals surface area contributed by atoms with Crippen LogP contribution in [0.15, 0.2) is 67.3 Å². The minimum absolute atomic E-state index is 0.0350. The molecule has 35 heteroatoms. The summed E-state index contributed by atoms with van der Waals surface area (Å²) in [7, 11) is 0. The number of imidazole rings is 1. The second-order valence-electron chi connectivity index (χ2n) is 32.2. The number of thioether (sulfide) groups is 3. The van der Waals surface area contributed by atoms with Gasteiger partial charge in [0.25, 0.3) is 0 Å². The average Bonchev–Trinajstić information content (AvgIpc) is 1.76. The zero-order valence-electron chi connectivity index (χ0n) is 67.4. The van der Waals surface area contributed by atoms with Crippen LogP contribution in [-0.2, 0) is 107 Å². The molecule has 12 amide bonds. The number of aliphatic hydroxyl groups excluding tert-OH is 2. The number of nitrogens with one attached hydrogen (secondary N) is 13. The number of phenolic OH excluding ortho intramolecular Hbond substituents is 2. The van der Waals surface area contributed by atoms with E-state index in [2.05, 4.69) is 73.4 Å². The lowest BCUT2D eigenvalue weighted by atomic mass is 9.82. The largest absolute Gasteiger partial charge is 0.508 e. The summed E-state index contributed by atoms with van der Waals surface area (Å²) in [5.41, 5.74) is 12.9. The minimum Gasteiger partial charge on any atom is -0.508 e. The summed E-state index contributed by atoms with van der Waals surface area (Å²) in [6.07, 6.45) is 4.73. The predicted molar refractivity (Wildman–Crippen MR) is 444 cm³/mol. The molecule has 3 aromatic carbocycles. The number of nitrogens with zero attached hydrogens (tertiary/aromatic N) is 2. The molecule has 0 radical (unpaired) electrons. The molecular weight excluding hydrogens is 1560 g/mol. The Morgan fingerprint density at radius 1 is 0.590 bits per heavy atom. The molecule has 6 bridgehead atoms. The smallest absolute Gasteiger partial charge is 0.246 e. The van der Waals surface area contributed by atoms with Crippen molar-refractivity contribution in [3.8, 4) is 11.5 Å². The van der Waals surface area contributed by atoms with Crippen LogP contribution < -0.4 is 64.2 Å². The molecule has 634 valence electrons. The molecule has 10 rings (SSSR count). The minimum atomic E-state index is -1.84. The molecule has 0 unspecified atom stereocenters. The lowest BCUT2D eigenvalue weighted by Crippen LogP contribution is -2.63. The van der Waals surface area contributed by atoms with Gasteiger partial charge in [0.15, 0.2) is 0 Å². The van der Waals surface area contributed by atoms with Crippen molar-refractivity contribution in [3.05, 3.63) is 129 Å². The first-order chi connectivity index (χ1) is 55.8. The van der Waals surface area contributed by atoms with Crippen LogP contribution in [0.5, 0.6) is 11.5 Å². The predicted octanol–water partition coefficient (Wildman–Crippen LogP) is 2.23. The van der Waals surface area contributed by atoms with Crippen molar-refractivity contribution in [2.75, 3.05) is 35.7 Å². The topological polar surface area (TPSA) is 492 Å². The molecule has 5 aliphatic rings. The van der Waals surface area contributed by atoms with Crippen molar-refractivity contribution >= 4 is 112 Å². The number of carbonyl (C=O) groups excluding carboxylic acids is 12. The Morgan fingerprint density at radius 2 is 1.15 bits per heavy atom. The lowest BCUT2D eigenvalue weighted by molar-refractivity contribution is -0.145. The van der Waals surface area contributed by atoms with Gasteiger partial charge in [0.05, 0.1) is 19.0 Å². The van der Waals surface area contributed by atoms with Crippen molar-refractivity contribution in [2.45, 2.75) is 241 Å². The zero-order chi connectivity index (χ0) is 84.5. The highest BCUT2D eigenvalue weighted by Crippen LogP contribution is 2.37. The number of hydrogen-bond acceptors (Lipinski definition) is 21. The zero-order valence-corrected chi connectivity index (χ0v) is 69.8. The van der Waals surface area contributed by atoms with E-state index < -0.39 is 167 Å². The van der Waals surface area contributed by atoms with Crippen LogP contribution in [0.1, 0.15) is 154 Å². The van der Waals surface area contributed by atoms with Gasteiger partial charge in [0.1, 0.15) is 89.9 Å². The number of hydrogen-bond donors (Lipinski definition) is 18. The summed E-state index contributed by atoms with van der Waals surface area (Å²) in [6, 6.07) is -4.75. The Morgan fingerprint density at radius 3 is 1.74 bits per heavy atom. The Labute approximate surface area is 693 Å². The first-order valence-corrected chi connectivity index (χ1v) is 43.5. The van der Waals surface area contributed by atoms with Gasteiger partial charge in [-0.3, -0.25) is 57.5 Å². The number of primary amides is 1. The Balaban J connectivity index is 1.08. The number of aromatic amines is 2. The number of benzene rings is 3. The highest BCUT2D eigenvalue weighted by molar-refractivity contribution is 7.99. The van der Waals surface area contributed by atoms with E-state index in [0.717, 1.165) is 51.8 Å². The summed E-state index contributed by atoms with van der Waals surface area (Å²) in [5, 5.41) is 75.9. The van der Waals surface area contributed by atoms with E-state index in [1.165, 1.54) is 83.9 Å². The van der Waals surface area contributed by atoms with Crippen LogP contribution in [0.2, 0.25) is 0 Å². The molecule has 1 saturated heterocycles. The number of rotatable bonds is 13. The standard InChI is InChI=1S/C82H112N16O16S3/c1-9-14-57-72(105)94-63-40-117-38-56-43(3)54(42(2)55(44(56)4)37-116-39-62(70(83)104)93-78(111)67-64(102)35-98(68(79(112)97-67)48-15-11-10-12-16-48)81(114)61(92-76(63)109)30-47-20-24-52(101)25-21-47)36-115-28-26-65(103)95-69(82(6,7)8)80(113)91-58(29-46-18-22-51(100)23-19-46)73(106)89-60(32-50-34-84-41-87-50)75(108)96-66(45(5)99)77(110)90-59(74(107)88-57)31-49-33-86-71-53(49)17-13-27-85-71/h18-25,33-34,41,45,48,57-64,66-69,85-86,99-102H,9-17,26-32,35-40H2,1-8H3,(H2,83,104)(H,84,87)(H,88,107)(H,89,106)(H,90,110)(H,91,113)(H,92,109)(H,93,111)(H,94,105)(H,95,103)(H,96,108)(H,97,112)/t45-,57+,58+,59+,60+,61+,62+,63+,64-,66+,67+,68+,69-/m1/s1. The van der Waals surface area contributed by atoms with Gasteiger partial charge in [0.2, 0.25) is 70.9 Å². The van der Waals surface area contributed by atoms with Gasteiger partial charge >= 0.3 is 0 Å². The lowest BCUT2D eigenvalue weighted by Gasteiger charge is -2.38. The molecular formula is C82H112N16O16S3. The van der Waals surface area contributed by atoms with Gasteiger partial charge < -0.3 is 99.5 Å². The van der Waals surface area contributed by atoms with Gasteiger partial charge in [-0.1, -0.05) is 77.6 Å². The van der Waals surface area contributed by atoms with Gasteiger partial charge in [0, 0.05) is 91.3 Å². The van der Waals surface area contributed by atoms with Crippen molar-refractivity contribution in [1.82, 2.24) is 73.0 Å². The molecule has 2 aromatic heterocycles. The molecule has 1 saturated carbocycles. The second kappa shape index (κ2) is 41.0. The van der Waals surface area contributed by atoms with Crippen molar-refractivity contribution in [3.63, 3.8) is 0 Å². The van der Waals surface area contributed by atoms with E-state index in [1.807, 2.05) is 20.8 Å². The SMILES string of the molecule is CCC[C@@H]1NC(=O)[C@H](Cc2c[nH]c3c2CCCN3)NC(=O)[C@H]([C@@H](C)O)NC(=O)[C@H](Cc2cnc[nH]2)NC(=O)[C@H](Cc2ccc(O)cc2)NC(=O)[C@H](C(C)(C)C)NC(=O)CCSCc2c(C)c3c(C)c(c2C)CSC[C@H](NC1=O)C(=O)N[C@@H](Cc1ccc(O)cc1)C(=O)N1C[C@@H](O)[C@H](NC(=O)[C@@H]1C1CCCCC1)C(=O)N[C@H](C(N)=O)CSC3. The molecule has 2 fully saturated rings. The molecule has 13 atom stereocenters. The summed E-state index contributed by atoms with van der Waals surface area (Å²) in [4.78, 5) is 192. The highest BCUT2D eigenvalue weighted by atomic mass is 32.2. The average molecular weight is 1670 g/mol. The van der Waals surface area contributed by atoms with Crippen molar-refractivity contribution in [1.29, 1.82) is 0 Å². The van der Waals surface area contributed by atoms with Crippen molar-refractivity contribution in [2.24, 2.45) is 17.1 Å². The van der Waals surface area contributed by atoms with Crippen LogP contribution in [0.4, 0.5) is 5.82 Å². The summed E-state index contributed by atoms with van der Waals surface area (Å²) >= 11 is 4.00. The van der Waals surface area contributed by atoms with Crippen LogP contribution in [0, 0.1) is 32.1 Å². The molecule has 117 heavy (non-hydrogen) atoms.